The van der Waals surface area contributed by atoms with E-state index in [0.29, 0.717) is 0 Å². The molecule has 1 rings (SSSR count). The lowest BCUT2D eigenvalue weighted by molar-refractivity contribution is 0.0601. The number of nitrogen functional groups attached to an aromatic ring is 1. The van der Waals surface area contributed by atoms with Crippen LogP contribution < -0.4 is 5.73 Å². The summed E-state index contributed by atoms with van der Waals surface area (Å²) in [5.41, 5.74) is 5.52. The number of nitrogens with two attached hydrogens (primary N) is 1. The molecule has 0 amide bonds. The molecule has 2 N–H and O–H groups in total. The molecule has 0 spiro atoms. The Balaban J connectivity index is 2.93. The molecule has 0 atom stereocenters. The van der Waals surface area contributed by atoms with Crippen molar-refractivity contribution in [3.05, 3.63) is 17.9 Å². The summed E-state index contributed by atoms with van der Waals surface area (Å²) in [7, 11) is 1.29. The van der Waals surface area contributed by atoms with Gasteiger partial charge in [0.05, 0.1) is 13.4 Å². The van der Waals surface area contributed by atoms with E-state index in [9.17, 15) is 4.79 Å². The minimum atomic E-state index is -0.480. The summed E-state index contributed by atoms with van der Waals surface area (Å²) >= 11 is 0. The molecule has 4 nitrogen and oxygen atoms in total. The molecule has 4 heteroatoms. The highest BCUT2D eigenvalue weighted by atomic mass is 16.5. The molecule has 0 saturated heterocycles. The van der Waals surface area contributed by atoms with E-state index in [-0.39, 0.29) is 11.4 Å². The quantitative estimate of drug-likeness (QED) is 0.583. The molecule has 0 aliphatic rings. The third-order valence-electron chi connectivity index (χ3n) is 1.10. The maximum absolute atomic E-state index is 10.7. The highest BCUT2D eigenvalue weighted by Crippen LogP contribution is 2.12. The van der Waals surface area contributed by atoms with Crippen LogP contribution in [-0.4, -0.2) is 13.1 Å². The van der Waals surface area contributed by atoms with Gasteiger partial charge in [0.25, 0.3) is 0 Å². The van der Waals surface area contributed by atoms with E-state index >= 15 is 0 Å². The molecule has 0 radical (unpaired) electrons. The van der Waals surface area contributed by atoms with Crippen LogP contribution in [0.2, 0.25) is 0 Å². The summed E-state index contributed by atoms with van der Waals surface area (Å²) in [5.74, 6) is -0.391. The van der Waals surface area contributed by atoms with Crippen molar-refractivity contribution in [2.75, 3.05) is 12.8 Å². The van der Waals surface area contributed by atoms with Gasteiger partial charge in [-0.15, -0.1) is 0 Å². The Morgan fingerprint density at radius 2 is 2.50 bits per heavy atom. The Labute approximate surface area is 57.6 Å². The molecule has 1 heterocycles. The smallest absolute Gasteiger partial charge is 0.343 e. The second kappa shape index (κ2) is 2.43. The fourth-order valence-electron chi connectivity index (χ4n) is 0.600. The lowest BCUT2D eigenvalue weighted by Gasteiger charge is -1.93. The van der Waals surface area contributed by atoms with Gasteiger partial charge >= 0.3 is 5.97 Å². The molecular formula is C6H7NO3. The molecule has 0 aromatic carbocycles. The highest BCUT2D eigenvalue weighted by Gasteiger charge is 2.10. The number of carbonyl (C=O) groups excluding carboxylic acids is 1. The predicted molar refractivity (Wildman–Crippen MR) is 34.5 cm³/mol. The number of rotatable bonds is 1. The van der Waals surface area contributed by atoms with E-state index in [2.05, 4.69) is 9.15 Å². The Hall–Kier alpha value is -1.45. The maximum atomic E-state index is 10.7. The lowest BCUT2D eigenvalue weighted by Crippen LogP contribution is -2.02. The van der Waals surface area contributed by atoms with Crippen molar-refractivity contribution < 1.29 is 13.9 Å². The first-order chi connectivity index (χ1) is 4.75. The number of hydrogen-bond donors (Lipinski definition) is 1. The van der Waals surface area contributed by atoms with Crippen LogP contribution in [0, 0.1) is 0 Å². The van der Waals surface area contributed by atoms with Crippen molar-refractivity contribution in [2.24, 2.45) is 0 Å². The van der Waals surface area contributed by atoms with E-state index in [1.54, 1.807) is 0 Å². The van der Waals surface area contributed by atoms with Crippen LogP contribution in [0.25, 0.3) is 0 Å². The van der Waals surface area contributed by atoms with Gasteiger partial charge in [0.15, 0.2) is 0 Å². The average Bonchev–Trinajstić information content (AvgIpc) is 2.34. The SMILES string of the molecule is COC(=O)c1ccoc1N. The van der Waals surface area contributed by atoms with Crippen molar-refractivity contribution in [3.63, 3.8) is 0 Å². The molecule has 0 fully saturated rings. The Kier molecular flexibility index (Phi) is 1.62. The normalized spacial score (nSPS) is 9.30. The first-order valence-corrected chi connectivity index (χ1v) is 2.67. The summed E-state index contributed by atoms with van der Waals surface area (Å²) < 4.78 is 9.06. The first kappa shape index (κ1) is 6.67. The second-order valence-electron chi connectivity index (χ2n) is 1.69. The summed E-state index contributed by atoms with van der Waals surface area (Å²) in [5, 5.41) is 0. The molecule has 0 unspecified atom stereocenters. The van der Waals surface area contributed by atoms with Crippen LogP contribution in [0.1, 0.15) is 10.4 Å². The third-order valence-corrected chi connectivity index (χ3v) is 1.10. The molecule has 0 bridgehead atoms. The van der Waals surface area contributed by atoms with Gasteiger partial charge in [-0.3, -0.25) is 0 Å². The second-order valence-corrected chi connectivity index (χ2v) is 1.69. The van der Waals surface area contributed by atoms with E-state index in [1.807, 2.05) is 0 Å². The number of anilines is 1. The van der Waals surface area contributed by atoms with Crippen molar-refractivity contribution >= 4 is 11.9 Å². The molecule has 10 heavy (non-hydrogen) atoms. The molecule has 0 aliphatic heterocycles. The van der Waals surface area contributed by atoms with Gasteiger partial charge in [-0.1, -0.05) is 0 Å². The first-order valence-electron chi connectivity index (χ1n) is 2.67. The number of ether oxygens (including phenoxy) is 1. The predicted octanol–water partition coefficient (Wildman–Crippen LogP) is 0.648. The van der Waals surface area contributed by atoms with E-state index in [1.165, 1.54) is 19.4 Å². The summed E-state index contributed by atoms with van der Waals surface area (Å²) in [4.78, 5) is 10.7. The van der Waals surface area contributed by atoms with E-state index in [0.717, 1.165) is 0 Å². The van der Waals surface area contributed by atoms with Crippen LogP contribution in [0.4, 0.5) is 5.88 Å². The number of carbonyl (C=O) groups is 1. The van der Waals surface area contributed by atoms with Crippen molar-refractivity contribution in [2.45, 2.75) is 0 Å². The van der Waals surface area contributed by atoms with Gasteiger partial charge in [-0.05, 0) is 6.07 Å². The average molecular weight is 141 g/mol. The Bertz CT molecular complexity index is 241. The fourth-order valence-corrected chi connectivity index (χ4v) is 0.600. The molecule has 0 aliphatic carbocycles. The van der Waals surface area contributed by atoms with Crippen LogP contribution in [0.5, 0.6) is 0 Å². The molecular weight excluding hydrogens is 134 g/mol. The number of methoxy groups -OCH3 is 1. The maximum Gasteiger partial charge on any atom is 0.343 e. The zero-order valence-electron chi connectivity index (χ0n) is 5.46. The summed E-state index contributed by atoms with van der Waals surface area (Å²) in [6, 6.07) is 1.46. The topological polar surface area (TPSA) is 65.5 Å². The van der Waals surface area contributed by atoms with Gasteiger partial charge < -0.3 is 14.9 Å². The molecule has 0 saturated carbocycles. The van der Waals surface area contributed by atoms with Crippen LogP contribution in [0.3, 0.4) is 0 Å². The fraction of sp³-hybridized carbons (Fsp3) is 0.167. The minimum absolute atomic E-state index is 0.0897. The van der Waals surface area contributed by atoms with Crippen LogP contribution >= 0.6 is 0 Å². The van der Waals surface area contributed by atoms with Crippen molar-refractivity contribution in [3.8, 4) is 0 Å². The van der Waals surface area contributed by atoms with Gasteiger partial charge in [0.1, 0.15) is 5.56 Å². The zero-order chi connectivity index (χ0) is 7.56. The van der Waals surface area contributed by atoms with Gasteiger partial charge in [-0.25, -0.2) is 4.79 Å². The van der Waals surface area contributed by atoms with Crippen molar-refractivity contribution in [1.29, 1.82) is 0 Å². The van der Waals surface area contributed by atoms with Gasteiger partial charge in [0.2, 0.25) is 5.88 Å². The number of furan rings is 1. The monoisotopic (exact) mass is 141 g/mol. The van der Waals surface area contributed by atoms with Crippen LogP contribution in [0.15, 0.2) is 16.7 Å². The lowest BCUT2D eigenvalue weighted by atomic mass is 10.3. The largest absolute Gasteiger partial charge is 0.465 e. The summed E-state index contributed by atoms with van der Waals surface area (Å²) in [6.45, 7) is 0. The zero-order valence-corrected chi connectivity index (χ0v) is 5.46. The Morgan fingerprint density at radius 1 is 1.80 bits per heavy atom. The molecule has 1 aromatic rings. The van der Waals surface area contributed by atoms with Crippen LogP contribution in [-0.2, 0) is 4.74 Å². The van der Waals surface area contributed by atoms with E-state index < -0.39 is 5.97 Å². The standard InChI is InChI=1S/C6H7NO3/c1-9-6(8)4-2-3-10-5(4)7/h2-3H,7H2,1H3. The molecule has 1 aromatic heterocycles. The number of hydrogen-bond acceptors (Lipinski definition) is 4. The summed E-state index contributed by atoms with van der Waals surface area (Å²) in [6.07, 6.45) is 1.33. The Morgan fingerprint density at radius 3 is 2.90 bits per heavy atom. The third kappa shape index (κ3) is 0.953. The van der Waals surface area contributed by atoms with Crippen molar-refractivity contribution in [1.82, 2.24) is 0 Å². The van der Waals surface area contributed by atoms with E-state index in [4.69, 9.17) is 5.73 Å². The molecule has 54 valence electrons. The minimum Gasteiger partial charge on any atom is -0.465 e. The van der Waals surface area contributed by atoms with Gasteiger partial charge in [-0.2, -0.15) is 0 Å². The highest BCUT2D eigenvalue weighted by molar-refractivity contribution is 5.93. The number of esters is 1. The van der Waals surface area contributed by atoms with Gasteiger partial charge in [0, 0.05) is 0 Å².